The highest BCUT2D eigenvalue weighted by Gasteiger charge is 2.34. The molecule has 0 saturated carbocycles. The molecule has 8 nitrogen and oxygen atoms in total. The molecule has 32 heavy (non-hydrogen) atoms. The van der Waals surface area contributed by atoms with Crippen molar-refractivity contribution in [3.05, 3.63) is 82.3 Å². The van der Waals surface area contributed by atoms with Gasteiger partial charge in [-0.25, -0.2) is 9.07 Å². The number of hydrogen-bond acceptors (Lipinski definition) is 6. The lowest BCUT2D eigenvalue weighted by Gasteiger charge is -2.12. The first kappa shape index (κ1) is 21.4. The molecule has 0 radical (unpaired) electrons. The first-order chi connectivity index (χ1) is 15.4. The first-order valence-corrected chi connectivity index (χ1v) is 10.5. The summed E-state index contributed by atoms with van der Waals surface area (Å²) in [5, 5.41) is 10.1. The standard InChI is InChI=1S/C22H18FN5O3S/c1-14-19(25-26-28(14)17-9-7-16(23)8-10-17)20(29)24-11-12-27-21(30)18(32-22(27)31)13-15-5-3-2-4-6-15/h2-10,13H,11-12H2,1H3,(H,24,29). The minimum Gasteiger partial charge on any atom is -0.349 e. The average Bonchev–Trinajstić information content (AvgIpc) is 3.29. The summed E-state index contributed by atoms with van der Waals surface area (Å²) in [7, 11) is 0. The maximum atomic E-state index is 13.1. The maximum Gasteiger partial charge on any atom is 0.293 e. The van der Waals surface area contributed by atoms with Crippen LogP contribution in [-0.4, -0.2) is 50.0 Å². The van der Waals surface area contributed by atoms with Gasteiger partial charge in [-0.15, -0.1) is 5.10 Å². The van der Waals surface area contributed by atoms with Gasteiger partial charge in [0.15, 0.2) is 5.69 Å². The van der Waals surface area contributed by atoms with Crippen molar-refractivity contribution in [3.63, 3.8) is 0 Å². The molecular weight excluding hydrogens is 433 g/mol. The summed E-state index contributed by atoms with van der Waals surface area (Å²) >= 11 is 0.870. The van der Waals surface area contributed by atoms with Crippen LogP contribution in [0.1, 0.15) is 21.7 Å². The van der Waals surface area contributed by atoms with E-state index in [1.54, 1.807) is 13.0 Å². The van der Waals surface area contributed by atoms with Crippen molar-refractivity contribution in [2.24, 2.45) is 0 Å². The summed E-state index contributed by atoms with van der Waals surface area (Å²) < 4.78 is 14.6. The lowest BCUT2D eigenvalue weighted by molar-refractivity contribution is -0.122. The summed E-state index contributed by atoms with van der Waals surface area (Å²) in [5.74, 6) is -1.25. The molecule has 162 valence electrons. The molecule has 0 unspecified atom stereocenters. The number of aromatic nitrogens is 3. The molecule has 1 N–H and O–H groups in total. The molecule has 1 fully saturated rings. The third-order valence-corrected chi connectivity index (χ3v) is 5.68. The van der Waals surface area contributed by atoms with Crippen molar-refractivity contribution < 1.29 is 18.8 Å². The van der Waals surface area contributed by atoms with Gasteiger partial charge in [-0.3, -0.25) is 19.3 Å². The van der Waals surface area contributed by atoms with Gasteiger partial charge in [0.1, 0.15) is 5.82 Å². The molecule has 0 spiro atoms. The second-order valence-corrected chi connectivity index (χ2v) is 7.90. The SMILES string of the molecule is Cc1c(C(=O)NCCN2C(=O)SC(=Cc3ccccc3)C2=O)nnn1-c1ccc(F)cc1. The monoisotopic (exact) mass is 451 g/mol. The van der Waals surface area contributed by atoms with Gasteiger partial charge in [0.2, 0.25) is 0 Å². The zero-order valence-corrected chi connectivity index (χ0v) is 17.8. The second-order valence-electron chi connectivity index (χ2n) is 6.91. The Morgan fingerprint density at radius 1 is 1.12 bits per heavy atom. The molecule has 3 amide bonds. The van der Waals surface area contributed by atoms with Gasteiger partial charge in [-0.05, 0) is 54.6 Å². The molecule has 0 bridgehead atoms. The van der Waals surface area contributed by atoms with Crippen LogP contribution in [0.25, 0.3) is 11.8 Å². The number of carbonyl (C=O) groups is 3. The number of benzene rings is 2. The lowest BCUT2D eigenvalue weighted by Crippen LogP contribution is -2.37. The molecule has 2 heterocycles. The van der Waals surface area contributed by atoms with E-state index >= 15 is 0 Å². The Morgan fingerprint density at radius 3 is 2.56 bits per heavy atom. The van der Waals surface area contributed by atoms with Crippen LogP contribution in [0.15, 0.2) is 59.5 Å². The van der Waals surface area contributed by atoms with Gasteiger partial charge in [-0.2, -0.15) is 0 Å². The Kier molecular flexibility index (Phi) is 6.13. The number of thioether (sulfide) groups is 1. The number of nitrogens with zero attached hydrogens (tertiary/aromatic N) is 4. The normalized spacial score (nSPS) is 14.9. The Morgan fingerprint density at radius 2 is 1.84 bits per heavy atom. The Labute approximate surface area is 187 Å². The van der Waals surface area contributed by atoms with Crippen LogP contribution >= 0.6 is 11.8 Å². The van der Waals surface area contributed by atoms with E-state index in [0.717, 1.165) is 22.2 Å². The highest BCUT2D eigenvalue weighted by Crippen LogP contribution is 2.31. The van der Waals surface area contributed by atoms with Gasteiger partial charge in [0, 0.05) is 13.1 Å². The fraction of sp³-hybridized carbons (Fsp3) is 0.136. The number of hydrogen-bond donors (Lipinski definition) is 1. The van der Waals surface area contributed by atoms with Crippen LogP contribution in [0.5, 0.6) is 0 Å². The molecule has 1 aromatic heterocycles. The molecule has 1 aliphatic rings. The van der Waals surface area contributed by atoms with E-state index in [1.165, 1.54) is 28.9 Å². The van der Waals surface area contributed by atoms with Crippen molar-refractivity contribution in [1.82, 2.24) is 25.2 Å². The Hall–Kier alpha value is -3.79. The van der Waals surface area contributed by atoms with Crippen molar-refractivity contribution >= 4 is 34.9 Å². The topological polar surface area (TPSA) is 97.2 Å². The van der Waals surface area contributed by atoms with Crippen molar-refractivity contribution in [2.45, 2.75) is 6.92 Å². The number of nitrogens with one attached hydrogen (secondary N) is 1. The first-order valence-electron chi connectivity index (χ1n) is 9.71. The van der Waals surface area contributed by atoms with Crippen LogP contribution < -0.4 is 5.32 Å². The molecule has 4 rings (SSSR count). The zero-order valence-electron chi connectivity index (χ0n) is 17.0. The van der Waals surface area contributed by atoms with Gasteiger partial charge in [0.05, 0.1) is 16.3 Å². The summed E-state index contributed by atoms with van der Waals surface area (Å²) in [4.78, 5) is 38.7. The molecule has 3 aromatic rings. The van der Waals surface area contributed by atoms with Crippen molar-refractivity contribution in [1.29, 1.82) is 0 Å². The third kappa shape index (κ3) is 4.45. The largest absolute Gasteiger partial charge is 0.349 e. The van der Waals surface area contributed by atoms with E-state index < -0.39 is 11.8 Å². The third-order valence-electron chi connectivity index (χ3n) is 4.77. The van der Waals surface area contributed by atoms with Gasteiger partial charge in [0.25, 0.3) is 17.1 Å². The molecule has 0 atom stereocenters. The number of rotatable bonds is 6. The molecule has 1 saturated heterocycles. The number of amides is 3. The summed E-state index contributed by atoms with van der Waals surface area (Å²) in [6.07, 6.45) is 1.67. The zero-order chi connectivity index (χ0) is 22.7. The molecule has 0 aliphatic carbocycles. The van der Waals surface area contributed by atoms with E-state index in [2.05, 4.69) is 15.6 Å². The van der Waals surface area contributed by atoms with E-state index in [4.69, 9.17) is 0 Å². The van der Waals surface area contributed by atoms with Crippen molar-refractivity contribution in [2.75, 3.05) is 13.1 Å². The summed E-state index contributed by atoms with van der Waals surface area (Å²) in [6, 6.07) is 14.9. The lowest BCUT2D eigenvalue weighted by atomic mass is 10.2. The quantitative estimate of drug-likeness (QED) is 0.578. The van der Waals surface area contributed by atoms with E-state index in [9.17, 15) is 18.8 Å². The molecule has 2 aromatic carbocycles. The van der Waals surface area contributed by atoms with Crippen LogP contribution in [-0.2, 0) is 4.79 Å². The number of carbonyl (C=O) groups excluding carboxylic acids is 3. The van der Waals surface area contributed by atoms with E-state index in [-0.39, 0.29) is 29.8 Å². The fourth-order valence-corrected chi connectivity index (χ4v) is 3.99. The molecular formula is C22H18FN5O3S. The Balaban J connectivity index is 1.37. The minimum absolute atomic E-state index is 0.0354. The summed E-state index contributed by atoms with van der Waals surface area (Å²) in [5.41, 5.74) is 1.97. The van der Waals surface area contributed by atoms with Crippen LogP contribution in [0.4, 0.5) is 9.18 Å². The van der Waals surface area contributed by atoms with Crippen LogP contribution in [0, 0.1) is 12.7 Å². The molecule has 10 heteroatoms. The van der Waals surface area contributed by atoms with Gasteiger partial charge >= 0.3 is 0 Å². The Bertz CT molecular complexity index is 1210. The average molecular weight is 451 g/mol. The number of imide groups is 1. The second kappa shape index (κ2) is 9.15. The summed E-state index contributed by atoms with van der Waals surface area (Å²) in [6.45, 7) is 1.77. The predicted molar refractivity (Wildman–Crippen MR) is 118 cm³/mol. The highest BCUT2D eigenvalue weighted by atomic mass is 32.2. The van der Waals surface area contributed by atoms with Gasteiger partial charge < -0.3 is 5.32 Å². The van der Waals surface area contributed by atoms with E-state index in [1.807, 2.05) is 30.3 Å². The fourth-order valence-electron chi connectivity index (χ4n) is 3.12. The molecule has 1 aliphatic heterocycles. The van der Waals surface area contributed by atoms with Crippen LogP contribution in [0.3, 0.4) is 0 Å². The van der Waals surface area contributed by atoms with E-state index in [0.29, 0.717) is 16.3 Å². The maximum absolute atomic E-state index is 13.1. The van der Waals surface area contributed by atoms with Crippen molar-refractivity contribution in [3.8, 4) is 5.69 Å². The van der Waals surface area contributed by atoms with Crippen LogP contribution in [0.2, 0.25) is 0 Å². The number of halogens is 1. The predicted octanol–water partition coefficient (Wildman–Crippen LogP) is 3.18. The smallest absolute Gasteiger partial charge is 0.293 e. The minimum atomic E-state index is -0.484. The highest BCUT2D eigenvalue weighted by molar-refractivity contribution is 8.18. The van der Waals surface area contributed by atoms with Gasteiger partial charge in [-0.1, -0.05) is 35.5 Å².